The first-order valence-corrected chi connectivity index (χ1v) is 19.3. The van der Waals surface area contributed by atoms with Gasteiger partial charge in [0, 0.05) is 60.0 Å². The van der Waals surface area contributed by atoms with E-state index in [0.717, 1.165) is 27.8 Å². The number of nitriles is 2. The molecule has 0 amide bonds. The third-order valence-corrected chi connectivity index (χ3v) is 9.17. The number of pyridine rings is 1. The number of hydrogen-bond acceptors (Lipinski definition) is 11. The Kier molecular flexibility index (Phi) is 13.6. The normalized spacial score (nSPS) is 10.8. The lowest BCUT2D eigenvalue weighted by Crippen LogP contribution is -1.91. The second-order valence-electron chi connectivity index (χ2n) is 13.2. The molecule has 4 aromatic carbocycles. The van der Waals surface area contributed by atoms with Gasteiger partial charge >= 0.3 is 6.01 Å². The summed E-state index contributed by atoms with van der Waals surface area (Å²) in [5, 5.41) is 34.6. The molecule has 0 aliphatic heterocycles. The van der Waals surface area contributed by atoms with E-state index in [4.69, 9.17) is 32.7 Å². The zero-order valence-corrected chi connectivity index (χ0v) is 33.9. The van der Waals surface area contributed by atoms with Gasteiger partial charge in [0.15, 0.2) is 11.6 Å². The molecular weight excluding hydrogens is 809 g/mol. The molecule has 8 rings (SSSR count). The van der Waals surface area contributed by atoms with Crippen LogP contribution in [0.1, 0.15) is 50.3 Å². The van der Waals surface area contributed by atoms with Gasteiger partial charge in [0.1, 0.15) is 34.8 Å². The Labute approximate surface area is 360 Å². The van der Waals surface area contributed by atoms with Crippen molar-refractivity contribution in [2.24, 2.45) is 9.98 Å². The zero-order chi connectivity index (χ0) is 42.4. The summed E-state index contributed by atoms with van der Waals surface area (Å²) in [5.74, 6) is 2.51. The van der Waals surface area contributed by atoms with Crippen molar-refractivity contribution in [2.45, 2.75) is 19.8 Å². The van der Waals surface area contributed by atoms with Gasteiger partial charge in [-0.1, -0.05) is 53.5 Å². The monoisotopic (exact) mass is 841 g/mol. The molecule has 4 heterocycles. The van der Waals surface area contributed by atoms with Crippen LogP contribution >= 0.6 is 23.2 Å². The molecule has 0 fully saturated rings. The van der Waals surface area contributed by atoms with Gasteiger partial charge in [0.05, 0.1) is 11.4 Å². The van der Waals surface area contributed by atoms with E-state index in [0.29, 0.717) is 74.4 Å². The highest BCUT2D eigenvalue weighted by molar-refractivity contribution is 6.30. The Morgan fingerprint density at radius 1 is 0.623 bits per heavy atom. The van der Waals surface area contributed by atoms with Crippen LogP contribution < -0.4 is 9.47 Å². The number of hydrogen-bond donors (Lipinski definition) is 2. The van der Waals surface area contributed by atoms with Gasteiger partial charge in [-0.3, -0.25) is 10.2 Å². The number of aromatic nitrogens is 7. The molecule has 13 nitrogen and oxygen atoms in total. The van der Waals surface area contributed by atoms with Crippen LogP contribution in [-0.2, 0) is 12.8 Å². The van der Waals surface area contributed by atoms with E-state index in [1.807, 2.05) is 104 Å². The highest BCUT2D eigenvalue weighted by Crippen LogP contribution is 2.25. The molecule has 61 heavy (non-hydrogen) atoms. The van der Waals surface area contributed by atoms with Gasteiger partial charge in [-0.2, -0.15) is 20.7 Å². The largest absolute Gasteiger partial charge is 0.439 e. The van der Waals surface area contributed by atoms with E-state index in [2.05, 4.69) is 57.5 Å². The molecule has 0 aliphatic carbocycles. The molecule has 2 N–H and O–H groups in total. The maximum atomic E-state index is 9.58. The van der Waals surface area contributed by atoms with E-state index in [-0.39, 0.29) is 6.01 Å². The van der Waals surface area contributed by atoms with Crippen molar-refractivity contribution in [3.05, 3.63) is 194 Å². The van der Waals surface area contributed by atoms with E-state index in [9.17, 15) is 10.5 Å². The van der Waals surface area contributed by atoms with Gasteiger partial charge in [-0.25, -0.2) is 24.9 Å². The smallest absolute Gasteiger partial charge is 0.321 e. The van der Waals surface area contributed by atoms with E-state index in [1.54, 1.807) is 49.2 Å². The summed E-state index contributed by atoms with van der Waals surface area (Å²) in [6.45, 7) is 1.97. The molecule has 298 valence electrons. The minimum Gasteiger partial charge on any atom is -0.439 e. The maximum absolute atomic E-state index is 9.58. The number of aromatic amines is 2. The molecular formula is C46H33Cl2N11O2. The molecule has 15 heteroatoms. The van der Waals surface area contributed by atoms with Crippen LogP contribution in [0.5, 0.6) is 23.4 Å². The van der Waals surface area contributed by atoms with Gasteiger partial charge < -0.3 is 9.47 Å². The van der Waals surface area contributed by atoms with E-state index in [1.165, 1.54) is 0 Å². The van der Waals surface area contributed by atoms with Crippen molar-refractivity contribution < 1.29 is 9.47 Å². The Morgan fingerprint density at radius 2 is 1.13 bits per heavy atom. The van der Waals surface area contributed by atoms with Crippen molar-refractivity contribution in [2.75, 3.05) is 0 Å². The number of H-pyrrole nitrogens is 2. The van der Waals surface area contributed by atoms with Crippen molar-refractivity contribution >= 4 is 47.3 Å². The first-order chi connectivity index (χ1) is 29.8. The van der Waals surface area contributed by atoms with Crippen molar-refractivity contribution in [1.82, 2.24) is 35.3 Å². The fourth-order valence-electron chi connectivity index (χ4n) is 5.71. The first-order valence-electron chi connectivity index (χ1n) is 18.6. The third kappa shape index (κ3) is 11.6. The summed E-state index contributed by atoms with van der Waals surface area (Å²) in [6, 6.07) is 39.8. The van der Waals surface area contributed by atoms with Gasteiger partial charge in [0.25, 0.3) is 0 Å². The molecule has 0 aliphatic rings. The number of nitrogens with zero attached hydrogens (tertiary/aromatic N) is 9. The molecule has 0 atom stereocenters. The Balaban J connectivity index is 0.000000184. The van der Waals surface area contributed by atoms with Crippen molar-refractivity contribution in [3.8, 4) is 35.5 Å². The van der Waals surface area contributed by atoms with Gasteiger partial charge in [0.2, 0.25) is 5.88 Å². The summed E-state index contributed by atoms with van der Waals surface area (Å²) in [5.41, 5.74) is 6.95. The lowest BCUT2D eigenvalue weighted by Gasteiger charge is -2.04. The molecule has 0 spiro atoms. The van der Waals surface area contributed by atoms with Crippen molar-refractivity contribution in [3.63, 3.8) is 0 Å². The summed E-state index contributed by atoms with van der Waals surface area (Å²) < 4.78 is 11.3. The van der Waals surface area contributed by atoms with E-state index >= 15 is 0 Å². The molecule has 8 aromatic rings. The summed E-state index contributed by atoms with van der Waals surface area (Å²) in [4.78, 5) is 21.0. The Hall–Kier alpha value is -7.97. The number of halogens is 2. The standard InChI is InChI=1S/C24H18ClN5O.C22H15ClN6O/c1-16-5-10-23(27-14-16)31-20-8-6-17(7-9-20)15-28-24-21(13-26)22(29-30-24)12-18-3-2-4-19(25)11-18;23-17-4-1-3-16(11-17)12-20-19(13-24)21(29-28-20)27-14-15-5-7-18(8-6-15)30-22-25-9-2-10-26-22/h2-11,14-15H,12H2,1H3,(H,29,30);1-11,14H,12H2,(H,28,29). The molecule has 0 saturated carbocycles. The number of aryl methyl sites for hydroxylation is 1. The zero-order valence-electron chi connectivity index (χ0n) is 32.4. The summed E-state index contributed by atoms with van der Waals surface area (Å²) in [6.07, 6.45) is 9.32. The minimum absolute atomic E-state index is 0.279. The first kappa shape index (κ1) is 41.2. The topological polar surface area (TPSA) is 187 Å². The molecule has 0 radical (unpaired) electrons. The molecule has 0 saturated heterocycles. The maximum Gasteiger partial charge on any atom is 0.321 e. The van der Waals surface area contributed by atoms with Crippen LogP contribution in [0.4, 0.5) is 11.6 Å². The van der Waals surface area contributed by atoms with Gasteiger partial charge in [-0.15, -0.1) is 0 Å². The Morgan fingerprint density at radius 3 is 1.59 bits per heavy atom. The number of rotatable bonds is 12. The minimum atomic E-state index is 0.279. The molecule has 4 aromatic heterocycles. The fourth-order valence-corrected chi connectivity index (χ4v) is 6.13. The predicted octanol–water partition coefficient (Wildman–Crippen LogP) is 10.6. The molecule has 0 bridgehead atoms. The highest BCUT2D eigenvalue weighted by atomic mass is 35.5. The quantitative estimate of drug-likeness (QED) is 0.113. The van der Waals surface area contributed by atoms with Crippen LogP contribution in [0.2, 0.25) is 10.0 Å². The Bertz CT molecular complexity index is 2860. The van der Waals surface area contributed by atoms with Crippen LogP contribution in [0.25, 0.3) is 0 Å². The third-order valence-electron chi connectivity index (χ3n) is 8.70. The second kappa shape index (κ2) is 20.1. The highest BCUT2D eigenvalue weighted by Gasteiger charge is 2.14. The number of aliphatic imine (C=N–C) groups is 2. The van der Waals surface area contributed by atoms with Gasteiger partial charge in [-0.05, 0) is 114 Å². The lowest BCUT2D eigenvalue weighted by atomic mass is 10.1. The number of nitrogens with one attached hydrogen (secondary N) is 2. The van der Waals surface area contributed by atoms with E-state index < -0.39 is 0 Å². The number of benzene rings is 4. The average Bonchev–Trinajstić information content (AvgIpc) is 3.86. The van der Waals surface area contributed by atoms with Crippen LogP contribution in [0.15, 0.2) is 144 Å². The predicted molar refractivity (Wildman–Crippen MR) is 234 cm³/mol. The van der Waals surface area contributed by atoms with Crippen LogP contribution in [0, 0.1) is 29.6 Å². The fraction of sp³-hybridized carbons (Fsp3) is 0.0652. The lowest BCUT2D eigenvalue weighted by molar-refractivity contribution is 0.442. The van der Waals surface area contributed by atoms with Crippen molar-refractivity contribution in [1.29, 1.82) is 10.5 Å². The molecule has 0 unspecified atom stereocenters. The average molecular weight is 843 g/mol. The van der Waals surface area contributed by atoms with Crippen LogP contribution in [0.3, 0.4) is 0 Å². The number of ether oxygens (including phenoxy) is 2. The van der Waals surface area contributed by atoms with Crippen LogP contribution in [-0.4, -0.2) is 47.8 Å². The summed E-state index contributed by atoms with van der Waals surface area (Å²) >= 11 is 12.1. The second-order valence-corrected chi connectivity index (χ2v) is 14.1. The SMILES string of the molecule is Cc1ccc(Oc2ccc(C=Nc3n[nH]c(Cc4cccc(Cl)c4)c3C#N)cc2)nc1.N#Cc1c(N=Cc2ccc(Oc3ncccn3)cc2)n[nH]c1Cc1cccc(Cl)c1. The summed E-state index contributed by atoms with van der Waals surface area (Å²) in [7, 11) is 0.